The number of halogens is 1. The van der Waals surface area contributed by atoms with Crippen molar-refractivity contribution in [3.8, 4) is 0 Å². The van der Waals surface area contributed by atoms with Gasteiger partial charge in [0.2, 0.25) is 0 Å². The number of thioether (sulfide) groups is 2. The maximum Gasteiger partial charge on any atom is 0.342 e. The summed E-state index contributed by atoms with van der Waals surface area (Å²) in [5, 5.41) is 10.1. The normalized spacial score (nSPS) is 18.0. The van der Waals surface area contributed by atoms with Gasteiger partial charge in [0, 0.05) is 16.1 Å². The van der Waals surface area contributed by atoms with E-state index in [1.165, 1.54) is 5.56 Å². The molecule has 0 fully saturated rings. The molecule has 0 radical (unpaired) electrons. The Morgan fingerprint density at radius 3 is 2.38 bits per heavy atom. The fraction of sp³-hybridized carbons (Fsp3) is 0.440. The number of benzene rings is 2. The fourth-order valence-corrected chi connectivity index (χ4v) is 4.97. The molecule has 0 aliphatic carbocycles. The lowest BCUT2D eigenvalue weighted by molar-refractivity contribution is 0.206. The lowest BCUT2D eigenvalue weighted by Crippen LogP contribution is -2.35. The van der Waals surface area contributed by atoms with Crippen LogP contribution < -0.4 is 5.32 Å². The van der Waals surface area contributed by atoms with E-state index in [4.69, 9.17) is 16.7 Å². The Morgan fingerprint density at radius 2 is 1.72 bits per heavy atom. The number of amides is 2. The standard InChI is InChI=1S/C25H32ClN3OS2/c1-25(15-5-17-32-3)18-29(28-23(25)20-9-11-21(26)12-10-20)24(30)27-22-13-7-19(8-14-22)6-4-16-31-2/h7-14H,4-6,15-18H2,1-3H3,(H,27,30). The van der Waals surface area contributed by atoms with E-state index in [9.17, 15) is 4.79 Å². The topological polar surface area (TPSA) is 44.7 Å². The average Bonchev–Trinajstić information content (AvgIpc) is 3.13. The van der Waals surface area contributed by atoms with Crippen LogP contribution in [0.15, 0.2) is 53.6 Å². The van der Waals surface area contributed by atoms with Gasteiger partial charge >= 0.3 is 6.03 Å². The van der Waals surface area contributed by atoms with Gasteiger partial charge in [-0.3, -0.25) is 0 Å². The second-order valence-electron chi connectivity index (χ2n) is 8.39. The molecule has 3 rings (SSSR count). The van der Waals surface area contributed by atoms with Crippen molar-refractivity contribution >= 4 is 52.6 Å². The highest BCUT2D eigenvalue weighted by Crippen LogP contribution is 2.36. The minimum absolute atomic E-state index is 0.192. The Bertz CT molecular complexity index is 918. The number of nitrogens with one attached hydrogen (secondary N) is 1. The number of hydrogen-bond donors (Lipinski definition) is 1. The predicted octanol–water partition coefficient (Wildman–Crippen LogP) is 7.04. The number of rotatable bonds is 10. The molecule has 0 saturated heterocycles. The highest BCUT2D eigenvalue weighted by Gasteiger charge is 2.40. The molecule has 0 spiro atoms. The van der Waals surface area contributed by atoms with Gasteiger partial charge in [-0.15, -0.1) is 0 Å². The highest BCUT2D eigenvalue weighted by atomic mass is 35.5. The molecule has 2 amide bonds. The molecule has 172 valence electrons. The van der Waals surface area contributed by atoms with Crippen LogP contribution in [0.5, 0.6) is 0 Å². The Balaban J connectivity index is 1.72. The zero-order valence-electron chi connectivity index (χ0n) is 19.1. The summed E-state index contributed by atoms with van der Waals surface area (Å²) < 4.78 is 0. The van der Waals surface area contributed by atoms with E-state index in [0.29, 0.717) is 11.6 Å². The molecule has 1 aliphatic heterocycles. The number of urea groups is 1. The summed E-state index contributed by atoms with van der Waals surface area (Å²) in [6.07, 6.45) is 8.54. The molecule has 0 saturated carbocycles. The third-order valence-electron chi connectivity index (χ3n) is 5.74. The van der Waals surface area contributed by atoms with Gasteiger partial charge in [-0.25, -0.2) is 9.80 Å². The molecule has 32 heavy (non-hydrogen) atoms. The van der Waals surface area contributed by atoms with Gasteiger partial charge < -0.3 is 5.32 Å². The molecular weight excluding hydrogens is 458 g/mol. The summed E-state index contributed by atoms with van der Waals surface area (Å²) in [6, 6.07) is 15.7. The van der Waals surface area contributed by atoms with E-state index in [0.717, 1.165) is 54.2 Å². The largest absolute Gasteiger partial charge is 0.342 e. The molecule has 0 aromatic heterocycles. The van der Waals surface area contributed by atoms with E-state index in [1.54, 1.807) is 5.01 Å². The van der Waals surface area contributed by atoms with E-state index in [2.05, 4.69) is 36.9 Å². The molecule has 1 unspecified atom stereocenters. The second kappa shape index (κ2) is 12.0. The van der Waals surface area contributed by atoms with Crippen LogP contribution in [0.2, 0.25) is 5.02 Å². The van der Waals surface area contributed by atoms with Crippen LogP contribution in [0.4, 0.5) is 10.5 Å². The third kappa shape index (κ3) is 6.69. The average molecular weight is 490 g/mol. The Hall–Kier alpha value is -1.63. The molecule has 2 aromatic rings. The van der Waals surface area contributed by atoms with Crippen molar-refractivity contribution in [1.29, 1.82) is 0 Å². The quantitative estimate of drug-likeness (QED) is 0.364. The van der Waals surface area contributed by atoms with Crippen molar-refractivity contribution in [2.45, 2.75) is 32.6 Å². The fourth-order valence-electron chi connectivity index (χ4n) is 3.98. The Labute approximate surface area is 205 Å². The highest BCUT2D eigenvalue weighted by molar-refractivity contribution is 7.98. The summed E-state index contributed by atoms with van der Waals surface area (Å²) in [5.41, 5.74) is 3.87. The number of carbonyl (C=O) groups excluding carboxylic acids is 1. The third-order valence-corrected chi connectivity index (χ3v) is 7.39. The van der Waals surface area contributed by atoms with Gasteiger partial charge in [0.05, 0.1) is 12.3 Å². The van der Waals surface area contributed by atoms with Crippen molar-refractivity contribution in [1.82, 2.24) is 5.01 Å². The molecule has 4 nitrogen and oxygen atoms in total. The molecule has 1 aliphatic rings. The van der Waals surface area contributed by atoms with Gasteiger partial charge in [0.15, 0.2) is 0 Å². The number of hydrogen-bond acceptors (Lipinski definition) is 4. The van der Waals surface area contributed by atoms with Crippen molar-refractivity contribution < 1.29 is 4.79 Å². The Kier molecular flexibility index (Phi) is 9.38. The zero-order valence-corrected chi connectivity index (χ0v) is 21.5. The summed E-state index contributed by atoms with van der Waals surface area (Å²) in [7, 11) is 0. The van der Waals surface area contributed by atoms with Gasteiger partial charge in [-0.05, 0) is 85.1 Å². The molecule has 2 aromatic carbocycles. The molecular formula is C25H32ClN3OS2. The number of nitrogens with zero attached hydrogens (tertiary/aromatic N) is 2. The lowest BCUT2D eigenvalue weighted by atomic mass is 9.78. The number of aryl methyl sites for hydroxylation is 1. The van der Waals surface area contributed by atoms with Crippen LogP contribution in [-0.4, -0.2) is 47.3 Å². The van der Waals surface area contributed by atoms with Crippen LogP contribution in [0, 0.1) is 5.41 Å². The van der Waals surface area contributed by atoms with E-state index in [1.807, 2.05) is 59.9 Å². The van der Waals surface area contributed by atoms with Gasteiger partial charge in [0.25, 0.3) is 0 Å². The maximum absolute atomic E-state index is 13.0. The maximum atomic E-state index is 13.0. The van der Waals surface area contributed by atoms with Gasteiger partial charge in [0.1, 0.15) is 0 Å². The van der Waals surface area contributed by atoms with Crippen LogP contribution in [0.1, 0.15) is 37.3 Å². The minimum atomic E-state index is -0.194. The lowest BCUT2D eigenvalue weighted by Gasteiger charge is -2.26. The summed E-state index contributed by atoms with van der Waals surface area (Å²) in [6.45, 7) is 2.77. The smallest absolute Gasteiger partial charge is 0.306 e. The first-order valence-electron chi connectivity index (χ1n) is 11.0. The molecule has 1 atom stereocenters. The monoisotopic (exact) mass is 489 g/mol. The van der Waals surface area contributed by atoms with Crippen molar-refractivity contribution in [3.63, 3.8) is 0 Å². The van der Waals surface area contributed by atoms with E-state index in [-0.39, 0.29) is 11.4 Å². The minimum Gasteiger partial charge on any atom is -0.306 e. The van der Waals surface area contributed by atoms with Crippen LogP contribution >= 0.6 is 35.1 Å². The zero-order chi connectivity index (χ0) is 23.0. The molecule has 1 heterocycles. The number of anilines is 1. The van der Waals surface area contributed by atoms with Crippen LogP contribution in [-0.2, 0) is 6.42 Å². The summed E-state index contributed by atoms with van der Waals surface area (Å²) in [5.74, 6) is 2.26. The second-order valence-corrected chi connectivity index (χ2v) is 10.8. The summed E-state index contributed by atoms with van der Waals surface area (Å²) in [4.78, 5) is 13.0. The first kappa shape index (κ1) is 25.0. The Morgan fingerprint density at radius 1 is 1.06 bits per heavy atom. The van der Waals surface area contributed by atoms with Crippen LogP contribution in [0.3, 0.4) is 0 Å². The predicted molar refractivity (Wildman–Crippen MR) is 143 cm³/mol. The van der Waals surface area contributed by atoms with E-state index < -0.39 is 0 Å². The van der Waals surface area contributed by atoms with Crippen molar-refractivity contribution in [2.75, 3.05) is 35.9 Å². The SMILES string of the molecule is CSCCCc1ccc(NC(=O)N2CC(C)(CCCSC)C(c3ccc(Cl)cc3)=N2)cc1. The number of hydrazone groups is 1. The van der Waals surface area contributed by atoms with Crippen LogP contribution in [0.25, 0.3) is 0 Å². The molecule has 1 N–H and O–H groups in total. The van der Waals surface area contributed by atoms with Crippen molar-refractivity contribution in [2.24, 2.45) is 10.5 Å². The van der Waals surface area contributed by atoms with Crippen molar-refractivity contribution in [3.05, 3.63) is 64.7 Å². The number of carbonyl (C=O) groups is 1. The van der Waals surface area contributed by atoms with Gasteiger partial charge in [-0.2, -0.15) is 28.6 Å². The molecule has 0 bridgehead atoms. The van der Waals surface area contributed by atoms with Gasteiger partial charge in [-0.1, -0.05) is 42.8 Å². The van der Waals surface area contributed by atoms with E-state index >= 15 is 0 Å². The first-order chi connectivity index (χ1) is 15.4. The summed E-state index contributed by atoms with van der Waals surface area (Å²) >= 11 is 9.81. The first-order valence-corrected chi connectivity index (χ1v) is 14.1. The molecule has 7 heteroatoms.